The van der Waals surface area contributed by atoms with Gasteiger partial charge in [-0.25, -0.2) is 4.39 Å². The fourth-order valence-corrected chi connectivity index (χ4v) is 2.67. The van der Waals surface area contributed by atoms with E-state index in [4.69, 9.17) is 4.74 Å². The second kappa shape index (κ2) is 8.85. The van der Waals surface area contributed by atoms with E-state index >= 15 is 0 Å². The average Bonchev–Trinajstić information content (AvgIpc) is 2.74. The Labute approximate surface area is 161 Å². The van der Waals surface area contributed by atoms with Crippen LogP contribution in [0.3, 0.4) is 0 Å². The number of methoxy groups -OCH3 is 1. The van der Waals surface area contributed by atoms with Crippen LogP contribution in [0, 0.1) is 5.82 Å². The van der Waals surface area contributed by atoms with Crippen LogP contribution in [-0.4, -0.2) is 29.0 Å². The average molecular weight is 379 g/mol. The fraction of sp³-hybridized carbons (Fsp3) is 0.143. The molecule has 0 fully saturated rings. The maximum Gasteiger partial charge on any atom is 0.307 e. The lowest BCUT2D eigenvalue weighted by Gasteiger charge is -2.18. The number of benzene rings is 1. The largest absolute Gasteiger partial charge is 0.469 e. The monoisotopic (exact) mass is 379 g/mol. The van der Waals surface area contributed by atoms with Crippen LogP contribution in [0.2, 0.25) is 0 Å². The predicted molar refractivity (Wildman–Crippen MR) is 101 cm³/mol. The summed E-state index contributed by atoms with van der Waals surface area (Å²) in [5.74, 6) is -1.20. The van der Waals surface area contributed by atoms with Crippen LogP contribution in [-0.2, 0) is 9.53 Å². The molecule has 3 aromatic rings. The SMILES string of the molecule is COC(=O)CC(NC(=O)c1ccc(-c2cccc(F)c2)nc1)c1cccnc1. The second-order valence-electron chi connectivity index (χ2n) is 6.04. The number of hydrogen-bond donors (Lipinski definition) is 1. The molecule has 1 atom stereocenters. The molecule has 2 heterocycles. The Hall–Kier alpha value is -3.61. The quantitative estimate of drug-likeness (QED) is 0.665. The van der Waals surface area contributed by atoms with Gasteiger partial charge in [-0.2, -0.15) is 0 Å². The number of amides is 1. The van der Waals surface area contributed by atoms with Crippen molar-refractivity contribution in [2.75, 3.05) is 7.11 Å². The number of nitrogens with one attached hydrogen (secondary N) is 1. The fourth-order valence-electron chi connectivity index (χ4n) is 2.67. The summed E-state index contributed by atoms with van der Waals surface area (Å²) < 4.78 is 18.1. The Morgan fingerprint density at radius 2 is 2.00 bits per heavy atom. The first-order chi connectivity index (χ1) is 13.6. The van der Waals surface area contributed by atoms with Crippen LogP contribution in [0.5, 0.6) is 0 Å². The first-order valence-electron chi connectivity index (χ1n) is 8.56. The van der Waals surface area contributed by atoms with Crippen molar-refractivity contribution < 1.29 is 18.7 Å². The topological polar surface area (TPSA) is 81.2 Å². The van der Waals surface area contributed by atoms with Crippen molar-refractivity contribution in [3.05, 3.63) is 84.1 Å². The first kappa shape index (κ1) is 19.2. The number of carbonyl (C=O) groups excluding carboxylic acids is 2. The zero-order chi connectivity index (χ0) is 19.9. The van der Waals surface area contributed by atoms with Crippen molar-refractivity contribution in [3.8, 4) is 11.3 Å². The van der Waals surface area contributed by atoms with E-state index in [9.17, 15) is 14.0 Å². The van der Waals surface area contributed by atoms with Crippen molar-refractivity contribution >= 4 is 11.9 Å². The molecule has 1 aromatic carbocycles. The minimum absolute atomic E-state index is 0.0251. The lowest BCUT2D eigenvalue weighted by molar-refractivity contribution is -0.141. The van der Waals surface area contributed by atoms with Gasteiger partial charge in [0.15, 0.2) is 0 Å². The van der Waals surface area contributed by atoms with Crippen molar-refractivity contribution in [3.63, 3.8) is 0 Å². The highest BCUT2D eigenvalue weighted by atomic mass is 19.1. The summed E-state index contributed by atoms with van der Waals surface area (Å²) in [6, 6.07) is 12.2. The summed E-state index contributed by atoms with van der Waals surface area (Å²) in [5, 5.41) is 2.80. The molecule has 0 radical (unpaired) electrons. The third-order valence-corrected chi connectivity index (χ3v) is 4.14. The van der Waals surface area contributed by atoms with Gasteiger partial charge >= 0.3 is 5.97 Å². The van der Waals surface area contributed by atoms with Gasteiger partial charge in [0.2, 0.25) is 0 Å². The van der Waals surface area contributed by atoms with Crippen molar-refractivity contribution in [2.45, 2.75) is 12.5 Å². The number of nitrogens with zero attached hydrogens (tertiary/aromatic N) is 2. The Balaban J connectivity index is 1.77. The van der Waals surface area contributed by atoms with E-state index < -0.39 is 17.9 Å². The molecule has 0 aliphatic rings. The minimum atomic E-state index is -0.587. The molecule has 6 nitrogen and oxygen atoms in total. The number of aromatic nitrogens is 2. The molecule has 0 spiro atoms. The van der Waals surface area contributed by atoms with Gasteiger partial charge in [0, 0.05) is 24.2 Å². The van der Waals surface area contributed by atoms with Crippen LogP contribution in [0.4, 0.5) is 4.39 Å². The van der Waals surface area contributed by atoms with Gasteiger partial charge in [-0.05, 0) is 35.9 Å². The van der Waals surface area contributed by atoms with E-state index in [2.05, 4.69) is 15.3 Å². The normalized spacial score (nSPS) is 11.5. The summed E-state index contributed by atoms with van der Waals surface area (Å²) in [5.41, 5.74) is 2.17. The summed E-state index contributed by atoms with van der Waals surface area (Å²) in [4.78, 5) is 32.6. The molecule has 0 bridgehead atoms. The third kappa shape index (κ3) is 4.76. The smallest absolute Gasteiger partial charge is 0.307 e. The molecule has 0 saturated heterocycles. The number of carbonyl (C=O) groups is 2. The van der Waals surface area contributed by atoms with Gasteiger partial charge in [0.05, 0.1) is 30.8 Å². The molecule has 0 aliphatic heterocycles. The second-order valence-corrected chi connectivity index (χ2v) is 6.04. The highest BCUT2D eigenvalue weighted by Crippen LogP contribution is 2.20. The lowest BCUT2D eigenvalue weighted by Crippen LogP contribution is -2.30. The van der Waals surface area contributed by atoms with Crippen LogP contribution in [0.1, 0.15) is 28.4 Å². The van der Waals surface area contributed by atoms with E-state index in [1.807, 2.05) is 0 Å². The Kier molecular flexibility index (Phi) is 6.06. The van der Waals surface area contributed by atoms with Gasteiger partial charge < -0.3 is 10.1 Å². The summed E-state index contributed by atoms with van der Waals surface area (Å²) >= 11 is 0. The molecule has 1 amide bonds. The maximum absolute atomic E-state index is 13.4. The Bertz CT molecular complexity index is 962. The van der Waals surface area contributed by atoms with E-state index in [0.717, 1.165) is 0 Å². The molecular weight excluding hydrogens is 361 g/mol. The molecular formula is C21H18FN3O3. The van der Waals surface area contributed by atoms with Gasteiger partial charge in [-0.15, -0.1) is 0 Å². The van der Waals surface area contributed by atoms with Gasteiger partial charge in [0.25, 0.3) is 5.91 Å². The highest BCUT2D eigenvalue weighted by Gasteiger charge is 2.20. The minimum Gasteiger partial charge on any atom is -0.469 e. The number of rotatable bonds is 6. The molecule has 1 unspecified atom stereocenters. The van der Waals surface area contributed by atoms with Gasteiger partial charge in [0.1, 0.15) is 5.82 Å². The maximum atomic E-state index is 13.4. The molecule has 2 aromatic heterocycles. The molecule has 0 aliphatic carbocycles. The number of hydrogen-bond acceptors (Lipinski definition) is 5. The van der Waals surface area contributed by atoms with E-state index in [1.165, 1.54) is 25.4 Å². The summed E-state index contributed by atoms with van der Waals surface area (Å²) in [7, 11) is 1.29. The van der Waals surface area contributed by atoms with Crippen molar-refractivity contribution in [1.82, 2.24) is 15.3 Å². The van der Waals surface area contributed by atoms with Crippen LogP contribution < -0.4 is 5.32 Å². The molecule has 28 heavy (non-hydrogen) atoms. The van der Waals surface area contributed by atoms with E-state index in [1.54, 1.807) is 48.8 Å². The van der Waals surface area contributed by atoms with Gasteiger partial charge in [-0.3, -0.25) is 19.6 Å². The number of pyridine rings is 2. The molecule has 3 rings (SSSR count). The molecule has 1 N–H and O–H groups in total. The Morgan fingerprint density at radius 3 is 2.64 bits per heavy atom. The third-order valence-electron chi connectivity index (χ3n) is 4.14. The highest BCUT2D eigenvalue weighted by molar-refractivity contribution is 5.94. The number of esters is 1. The van der Waals surface area contributed by atoms with Crippen molar-refractivity contribution in [2.24, 2.45) is 0 Å². The van der Waals surface area contributed by atoms with Crippen molar-refractivity contribution in [1.29, 1.82) is 0 Å². The Morgan fingerprint density at radius 1 is 1.14 bits per heavy atom. The molecule has 7 heteroatoms. The number of ether oxygens (including phenoxy) is 1. The van der Waals surface area contributed by atoms with E-state index in [0.29, 0.717) is 22.4 Å². The van der Waals surface area contributed by atoms with E-state index in [-0.39, 0.29) is 12.2 Å². The molecule has 142 valence electrons. The zero-order valence-electron chi connectivity index (χ0n) is 15.1. The summed E-state index contributed by atoms with van der Waals surface area (Å²) in [6.45, 7) is 0. The van der Waals surface area contributed by atoms with Crippen LogP contribution >= 0.6 is 0 Å². The summed E-state index contributed by atoms with van der Waals surface area (Å²) in [6.07, 6.45) is 4.57. The van der Waals surface area contributed by atoms with Crippen LogP contribution in [0.15, 0.2) is 67.1 Å². The predicted octanol–water partition coefficient (Wildman–Crippen LogP) is 3.32. The number of halogens is 1. The standard InChI is InChI=1S/C21H18FN3O3/c1-28-20(26)11-19(15-5-3-9-23-12-15)25-21(27)16-7-8-18(24-13-16)14-4-2-6-17(22)10-14/h2-10,12-13,19H,11H2,1H3,(H,25,27). The lowest BCUT2D eigenvalue weighted by atomic mass is 10.1. The van der Waals surface area contributed by atoms with Crippen LogP contribution in [0.25, 0.3) is 11.3 Å². The zero-order valence-corrected chi connectivity index (χ0v) is 15.1. The first-order valence-corrected chi connectivity index (χ1v) is 8.56. The van der Waals surface area contributed by atoms with Gasteiger partial charge in [-0.1, -0.05) is 18.2 Å². The molecule has 0 saturated carbocycles.